The Labute approximate surface area is 151 Å². The van der Waals surface area contributed by atoms with Gasteiger partial charge in [0.05, 0.1) is 0 Å². The molecule has 0 unspecified atom stereocenters. The Hall–Kier alpha value is -2.84. The lowest BCUT2D eigenvalue weighted by molar-refractivity contribution is 0.105. The lowest BCUT2D eigenvalue weighted by atomic mass is 9.94. The molecule has 0 aromatic heterocycles. The first kappa shape index (κ1) is 15.7. The minimum Gasteiger partial charge on any atom is -0.289 e. The predicted octanol–water partition coefficient (Wildman–Crippen LogP) is 6.48. The molecule has 0 N–H and O–H groups in total. The van der Waals surface area contributed by atoms with Crippen molar-refractivity contribution in [1.29, 1.82) is 0 Å². The van der Waals surface area contributed by atoms with Gasteiger partial charge in [-0.15, -0.1) is 0 Å². The van der Waals surface area contributed by atoms with Crippen LogP contribution in [0.3, 0.4) is 0 Å². The van der Waals surface area contributed by atoms with Crippen molar-refractivity contribution in [2.75, 3.05) is 0 Å². The summed E-state index contributed by atoms with van der Waals surface area (Å²) in [6.45, 7) is 0. The standard InChI is InChI=1S/C23H16OS/c24-22(14-15-25-19-10-2-1-3-11-19)23-20-12-6-4-8-17(20)16-18-9-5-7-13-21(18)23/h1-16H/b15-14+. The highest BCUT2D eigenvalue weighted by Gasteiger charge is 2.12. The molecule has 0 amide bonds. The average molecular weight is 340 g/mol. The molecule has 2 heteroatoms. The number of allylic oxidation sites excluding steroid dienone is 1. The molecule has 0 radical (unpaired) electrons. The van der Waals surface area contributed by atoms with Crippen molar-refractivity contribution in [3.8, 4) is 0 Å². The van der Waals surface area contributed by atoms with Crippen LogP contribution in [0, 0.1) is 0 Å². The molecule has 0 saturated carbocycles. The third-order valence-corrected chi connectivity index (χ3v) is 5.00. The maximum absolute atomic E-state index is 13.0. The van der Waals surface area contributed by atoms with Gasteiger partial charge in [-0.3, -0.25) is 4.79 Å². The molecule has 0 aliphatic heterocycles. The largest absolute Gasteiger partial charge is 0.289 e. The van der Waals surface area contributed by atoms with Gasteiger partial charge in [0.1, 0.15) is 0 Å². The van der Waals surface area contributed by atoms with Crippen molar-refractivity contribution < 1.29 is 4.79 Å². The van der Waals surface area contributed by atoms with Gasteiger partial charge in [-0.05, 0) is 51.2 Å². The summed E-state index contributed by atoms with van der Waals surface area (Å²) in [5.74, 6) is 0.0384. The van der Waals surface area contributed by atoms with Crippen molar-refractivity contribution >= 4 is 39.1 Å². The first-order valence-electron chi connectivity index (χ1n) is 8.16. The first-order valence-corrected chi connectivity index (χ1v) is 9.04. The Morgan fingerprint density at radius 3 is 1.92 bits per heavy atom. The van der Waals surface area contributed by atoms with Crippen LogP contribution in [0.4, 0.5) is 0 Å². The van der Waals surface area contributed by atoms with Gasteiger partial charge in [-0.1, -0.05) is 78.5 Å². The number of benzene rings is 4. The van der Waals surface area contributed by atoms with Gasteiger partial charge >= 0.3 is 0 Å². The second-order valence-corrected chi connectivity index (χ2v) is 6.77. The molecule has 4 rings (SSSR count). The molecule has 120 valence electrons. The first-order chi connectivity index (χ1) is 12.3. The van der Waals surface area contributed by atoms with Crippen LogP contribution in [0.25, 0.3) is 21.5 Å². The van der Waals surface area contributed by atoms with E-state index in [0.29, 0.717) is 0 Å². The van der Waals surface area contributed by atoms with E-state index in [9.17, 15) is 4.79 Å². The Bertz CT molecular complexity index is 1030. The molecule has 4 aromatic rings. The maximum Gasteiger partial charge on any atom is 0.187 e. The van der Waals surface area contributed by atoms with E-state index in [1.807, 2.05) is 72.1 Å². The van der Waals surface area contributed by atoms with Gasteiger partial charge in [0, 0.05) is 10.5 Å². The van der Waals surface area contributed by atoms with E-state index in [1.54, 1.807) is 17.8 Å². The fourth-order valence-electron chi connectivity index (χ4n) is 3.04. The normalized spacial score (nSPS) is 11.4. The SMILES string of the molecule is O=C(/C=C/Sc1ccccc1)c1c2ccccc2cc2ccccc12. The highest BCUT2D eigenvalue weighted by Crippen LogP contribution is 2.29. The minimum absolute atomic E-state index is 0.0384. The maximum atomic E-state index is 13.0. The summed E-state index contributed by atoms with van der Waals surface area (Å²) in [7, 11) is 0. The van der Waals surface area contributed by atoms with Crippen LogP contribution >= 0.6 is 11.8 Å². The van der Waals surface area contributed by atoms with Crippen molar-refractivity contribution in [3.63, 3.8) is 0 Å². The summed E-state index contributed by atoms with van der Waals surface area (Å²) in [5.41, 5.74) is 0.776. The van der Waals surface area contributed by atoms with Gasteiger partial charge in [-0.2, -0.15) is 0 Å². The molecular formula is C23H16OS. The number of rotatable bonds is 4. The van der Waals surface area contributed by atoms with Gasteiger partial charge in [0.15, 0.2) is 5.78 Å². The fourth-order valence-corrected chi connectivity index (χ4v) is 3.70. The summed E-state index contributed by atoms with van der Waals surface area (Å²) in [6.07, 6.45) is 1.67. The fraction of sp³-hybridized carbons (Fsp3) is 0. The van der Waals surface area contributed by atoms with Gasteiger partial charge < -0.3 is 0 Å². The lowest BCUT2D eigenvalue weighted by Gasteiger charge is -2.09. The topological polar surface area (TPSA) is 17.1 Å². The number of carbonyl (C=O) groups excluding carboxylic acids is 1. The van der Waals surface area contributed by atoms with Crippen LogP contribution in [0.5, 0.6) is 0 Å². The summed E-state index contributed by atoms with van der Waals surface area (Å²) < 4.78 is 0. The molecule has 4 aromatic carbocycles. The quantitative estimate of drug-likeness (QED) is 0.183. The van der Waals surface area contributed by atoms with Crippen LogP contribution in [-0.4, -0.2) is 5.78 Å². The van der Waals surface area contributed by atoms with Crippen molar-refractivity contribution in [2.45, 2.75) is 4.90 Å². The van der Waals surface area contributed by atoms with E-state index in [2.05, 4.69) is 18.2 Å². The number of hydrogen-bond donors (Lipinski definition) is 0. The molecule has 0 heterocycles. The zero-order chi connectivity index (χ0) is 17.1. The molecule has 0 fully saturated rings. The summed E-state index contributed by atoms with van der Waals surface area (Å²) in [5, 5.41) is 6.05. The molecule has 1 nitrogen and oxygen atoms in total. The number of ketones is 1. The van der Waals surface area contributed by atoms with Gasteiger partial charge in [-0.25, -0.2) is 0 Å². The highest BCUT2D eigenvalue weighted by atomic mass is 32.2. The summed E-state index contributed by atoms with van der Waals surface area (Å²) in [6, 6.07) is 28.3. The summed E-state index contributed by atoms with van der Waals surface area (Å²) in [4.78, 5) is 14.1. The Morgan fingerprint density at radius 2 is 1.28 bits per heavy atom. The lowest BCUT2D eigenvalue weighted by Crippen LogP contribution is -1.97. The van der Waals surface area contributed by atoms with E-state index >= 15 is 0 Å². The Morgan fingerprint density at radius 1 is 0.720 bits per heavy atom. The molecule has 0 bridgehead atoms. The molecule has 0 aliphatic rings. The number of carbonyl (C=O) groups is 1. The van der Waals surface area contributed by atoms with Crippen LogP contribution in [-0.2, 0) is 0 Å². The van der Waals surface area contributed by atoms with Crippen molar-refractivity contribution in [3.05, 3.63) is 102 Å². The predicted molar refractivity (Wildman–Crippen MR) is 107 cm³/mol. The van der Waals surface area contributed by atoms with E-state index in [4.69, 9.17) is 0 Å². The third kappa shape index (κ3) is 3.21. The van der Waals surface area contributed by atoms with Crippen molar-refractivity contribution in [1.82, 2.24) is 0 Å². The number of hydrogen-bond acceptors (Lipinski definition) is 2. The van der Waals surface area contributed by atoms with Gasteiger partial charge in [0.25, 0.3) is 0 Å². The zero-order valence-electron chi connectivity index (χ0n) is 13.6. The molecule has 0 aliphatic carbocycles. The van der Waals surface area contributed by atoms with Crippen LogP contribution in [0.1, 0.15) is 10.4 Å². The zero-order valence-corrected chi connectivity index (χ0v) is 14.4. The highest BCUT2D eigenvalue weighted by molar-refractivity contribution is 8.02. The smallest absolute Gasteiger partial charge is 0.187 e. The van der Waals surface area contributed by atoms with Crippen LogP contribution in [0.15, 0.2) is 101 Å². The van der Waals surface area contributed by atoms with Gasteiger partial charge in [0.2, 0.25) is 0 Å². The van der Waals surface area contributed by atoms with Crippen LogP contribution < -0.4 is 0 Å². The van der Waals surface area contributed by atoms with E-state index in [0.717, 1.165) is 32.0 Å². The molecule has 25 heavy (non-hydrogen) atoms. The molecule has 0 spiro atoms. The number of thioether (sulfide) groups is 1. The van der Waals surface area contributed by atoms with E-state index in [-0.39, 0.29) is 5.78 Å². The minimum atomic E-state index is 0.0384. The second-order valence-electron chi connectivity index (χ2n) is 5.79. The second kappa shape index (κ2) is 6.96. The average Bonchev–Trinajstić information content (AvgIpc) is 2.66. The molecular weight excluding hydrogens is 324 g/mol. The van der Waals surface area contributed by atoms with E-state index in [1.165, 1.54) is 0 Å². The molecule has 0 atom stereocenters. The monoisotopic (exact) mass is 340 g/mol. The molecule has 0 saturated heterocycles. The van der Waals surface area contributed by atoms with Crippen molar-refractivity contribution in [2.24, 2.45) is 0 Å². The summed E-state index contributed by atoms with van der Waals surface area (Å²) >= 11 is 1.55. The Kier molecular flexibility index (Phi) is 4.36. The number of fused-ring (bicyclic) bond motifs is 2. The van der Waals surface area contributed by atoms with Crippen LogP contribution in [0.2, 0.25) is 0 Å². The Balaban J connectivity index is 1.77. The third-order valence-electron chi connectivity index (χ3n) is 4.18. The van der Waals surface area contributed by atoms with E-state index < -0.39 is 0 Å².